The average Bonchev–Trinajstić information content (AvgIpc) is 2.88. The van der Waals surface area contributed by atoms with Crippen molar-refractivity contribution in [2.45, 2.75) is 26.2 Å². The summed E-state index contributed by atoms with van der Waals surface area (Å²) in [6, 6.07) is 7.29. The van der Waals surface area contributed by atoms with Gasteiger partial charge in [0.2, 0.25) is 5.91 Å². The molecule has 0 bridgehead atoms. The summed E-state index contributed by atoms with van der Waals surface area (Å²) in [5.74, 6) is -1.35. The molecule has 0 spiro atoms. The molecule has 0 fully saturated rings. The van der Waals surface area contributed by atoms with Crippen molar-refractivity contribution in [3.05, 3.63) is 41.2 Å². The van der Waals surface area contributed by atoms with Gasteiger partial charge in [0.05, 0.1) is 34.7 Å². The molecule has 2 aromatic rings. The first-order valence-electron chi connectivity index (χ1n) is 6.86. The van der Waals surface area contributed by atoms with Gasteiger partial charge in [0.25, 0.3) is 0 Å². The second kappa shape index (κ2) is 7.09. The number of para-hydroxylation sites is 1. The Balaban J connectivity index is 2.23. The molecular formula is C15H16ClN3O3. The number of rotatable bonds is 6. The number of anilines is 1. The molecule has 7 heteroatoms. The number of carboxylic acid groups (broad SMARTS) is 1. The van der Waals surface area contributed by atoms with Gasteiger partial charge in [0.15, 0.2) is 0 Å². The third-order valence-electron chi connectivity index (χ3n) is 3.12. The first kappa shape index (κ1) is 16.0. The molecule has 22 heavy (non-hydrogen) atoms. The number of amides is 1. The summed E-state index contributed by atoms with van der Waals surface area (Å²) < 4.78 is 1.68. The number of hydrogen-bond acceptors (Lipinski definition) is 3. The maximum atomic E-state index is 11.8. The summed E-state index contributed by atoms with van der Waals surface area (Å²) in [5.41, 5.74) is 2.10. The van der Waals surface area contributed by atoms with Crippen LogP contribution in [-0.2, 0) is 16.0 Å². The smallest absolute Gasteiger partial charge is 0.303 e. The van der Waals surface area contributed by atoms with E-state index in [1.165, 1.54) is 0 Å². The summed E-state index contributed by atoms with van der Waals surface area (Å²) >= 11 is 6.17. The van der Waals surface area contributed by atoms with Crippen LogP contribution >= 0.6 is 11.6 Å². The number of carboxylic acids is 1. The highest BCUT2D eigenvalue weighted by atomic mass is 35.5. The zero-order chi connectivity index (χ0) is 16.1. The van der Waals surface area contributed by atoms with E-state index in [0.29, 0.717) is 17.1 Å². The minimum absolute atomic E-state index is 0.0737. The molecule has 2 rings (SSSR count). The van der Waals surface area contributed by atoms with Crippen molar-refractivity contribution in [1.29, 1.82) is 0 Å². The van der Waals surface area contributed by atoms with E-state index in [0.717, 1.165) is 11.4 Å². The molecule has 0 aliphatic carbocycles. The van der Waals surface area contributed by atoms with Crippen LogP contribution in [0, 0.1) is 0 Å². The van der Waals surface area contributed by atoms with Crippen molar-refractivity contribution in [3.8, 4) is 5.69 Å². The summed E-state index contributed by atoms with van der Waals surface area (Å²) in [6.07, 6.45) is 1.91. The fraction of sp³-hybridized carbons (Fsp3) is 0.267. The summed E-state index contributed by atoms with van der Waals surface area (Å²) in [6.45, 7) is 1.94. The number of benzene rings is 1. The van der Waals surface area contributed by atoms with Crippen LogP contribution in [-0.4, -0.2) is 26.8 Å². The molecule has 0 saturated carbocycles. The van der Waals surface area contributed by atoms with Crippen molar-refractivity contribution >= 4 is 29.2 Å². The Morgan fingerprint density at radius 2 is 2.05 bits per heavy atom. The van der Waals surface area contributed by atoms with Crippen LogP contribution in [0.15, 0.2) is 30.5 Å². The van der Waals surface area contributed by atoms with Crippen molar-refractivity contribution in [1.82, 2.24) is 9.78 Å². The lowest BCUT2D eigenvalue weighted by atomic mass is 10.2. The Morgan fingerprint density at radius 3 is 2.68 bits per heavy atom. The molecule has 1 aromatic carbocycles. The first-order valence-corrected chi connectivity index (χ1v) is 7.24. The molecule has 116 valence electrons. The van der Waals surface area contributed by atoms with Crippen LogP contribution in [0.25, 0.3) is 5.69 Å². The number of carbonyl (C=O) groups excluding carboxylic acids is 1. The van der Waals surface area contributed by atoms with Gasteiger partial charge < -0.3 is 10.4 Å². The number of hydrogen-bond donors (Lipinski definition) is 2. The van der Waals surface area contributed by atoms with E-state index in [9.17, 15) is 9.59 Å². The van der Waals surface area contributed by atoms with Crippen molar-refractivity contribution in [3.63, 3.8) is 0 Å². The number of halogens is 1. The SMILES string of the molecule is CCc1c(NC(=O)CCC(=O)O)cnn1-c1ccccc1Cl. The zero-order valence-corrected chi connectivity index (χ0v) is 12.8. The van der Waals surface area contributed by atoms with E-state index in [-0.39, 0.29) is 18.7 Å². The van der Waals surface area contributed by atoms with E-state index < -0.39 is 5.97 Å². The van der Waals surface area contributed by atoms with Crippen LogP contribution in [0.2, 0.25) is 5.02 Å². The molecular weight excluding hydrogens is 306 g/mol. The molecule has 1 heterocycles. The highest BCUT2D eigenvalue weighted by Crippen LogP contribution is 2.25. The molecule has 0 unspecified atom stereocenters. The molecule has 0 atom stereocenters. The minimum atomic E-state index is -1.00. The number of aromatic nitrogens is 2. The quantitative estimate of drug-likeness (QED) is 0.856. The van der Waals surface area contributed by atoms with E-state index >= 15 is 0 Å². The van der Waals surface area contributed by atoms with Crippen LogP contribution in [0.4, 0.5) is 5.69 Å². The van der Waals surface area contributed by atoms with Gasteiger partial charge in [0, 0.05) is 6.42 Å². The normalized spacial score (nSPS) is 10.5. The summed E-state index contributed by atoms with van der Waals surface area (Å²) in [5, 5.41) is 16.1. The zero-order valence-electron chi connectivity index (χ0n) is 12.0. The standard InChI is InChI=1S/C15H16ClN3O3/c1-2-12-11(18-14(20)7-8-15(21)22)9-17-19(12)13-6-4-3-5-10(13)16/h3-6,9H,2,7-8H2,1H3,(H,18,20)(H,21,22). The maximum absolute atomic E-state index is 11.8. The Morgan fingerprint density at radius 1 is 1.32 bits per heavy atom. The monoisotopic (exact) mass is 321 g/mol. The highest BCUT2D eigenvalue weighted by molar-refractivity contribution is 6.32. The van der Waals surface area contributed by atoms with Gasteiger partial charge in [0.1, 0.15) is 0 Å². The van der Waals surface area contributed by atoms with Crippen LogP contribution in [0.1, 0.15) is 25.5 Å². The number of aliphatic carboxylic acids is 1. The molecule has 0 aliphatic rings. The Hall–Kier alpha value is -2.34. The molecule has 1 amide bonds. The second-order valence-corrected chi connectivity index (χ2v) is 5.07. The molecule has 2 N–H and O–H groups in total. The van der Waals surface area contributed by atoms with Crippen molar-refractivity contribution in [2.24, 2.45) is 0 Å². The van der Waals surface area contributed by atoms with Gasteiger partial charge in [-0.1, -0.05) is 30.7 Å². The molecule has 6 nitrogen and oxygen atoms in total. The van der Waals surface area contributed by atoms with Gasteiger partial charge in [-0.2, -0.15) is 5.10 Å². The number of carbonyl (C=O) groups is 2. The van der Waals surface area contributed by atoms with Crippen LogP contribution < -0.4 is 5.32 Å². The predicted octanol–water partition coefficient (Wildman–Crippen LogP) is 2.89. The van der Waals surface area contributed by atoms with Crippen LogP contribution in [0.5, 0.6) is 0 Å². The Bertz CT molecular complexity index is 697. The predicted molar refractivity (Wildman–Crippen MR) is 83.5 cm³/mol. The average molecular weight is 322 g/mol. The third kappa shape index (κ3) is 3.65. The molecule has 0 radical (unpaired) electrons. The van der Waals surface area contributed by atoms with Gasteiger partial charge in [-0.05, 0) is 18.6 Å². The van der Waals surface area contributed by atoms with E-state index in [1.54, 1.807) is 16.9 Å². The number of nitrogens with zero attached hydrogens (tertiary/aromatic N) is 2. The fourth-order valence-corrected chi connectivity index (χ4v) is 2.30. The van der Waals surface area contributed by atoms with Crippen molar-refractivity contribution in [2.75, 3.05) is 5.32 Å². The lowest BCUT2D eigenvalue weighted by molar-refractivity contribution is -0.138. The second-order valence-electron chi connectivity index (χ2n) is 4.66. The fourth-order valence-electron chi connectivity index (χ4n) is 2.08. The molecule has 1 aromatic heterocycles. The van der Waals surface area contributed by atoms with E-state index in [2.05, 4.69) is 10.4 Å². The van der Waals surface area contributed by atoms with E-state index in [4.69, 9.17) is 16.7 Å². The summed E-state index contributed by atoms with van der Waals surface area (Å²) in [7, 11) is 0. The largest absolute Gasteiger partial charge is 0.481 e. The number of nitrogens with one attached hydrogen (secondary N) is 1. The van der Waals surface area contributed by atoms with E-state index in [1.807, 2.05) is 25.1 Å². The molecule has 0 saturated heterocycles. The van der Waals surface area contributed by atoms with Crippen molar-refractivity contribution < 1.29 is 14.7 Å². The van der Waals surface area contributed by atoms with Gasteiger partial charge in [-0.25, -0.2) is 4.68 Å². The highest BCUT2D eigenvalue weighted by Gasteiger charge is 2.15. The van der Waals surface area contributed by atoms with Crippen LogP contribution in [0.3, 0.4) is 0 Å². The van der Waals surface area contributed by atoms with Gasteiger partial charge in [-0.3, -0.25) is 9.59 Å². The lowest BCUT2D eigenvalue weighted by Crippen LogP contribution is -2.14. The minimum Gasteiger partial charge on any atom is -0.481 e. The Kier molecular flexibility index (Phi) is 5.16. The topological polar surface area (TPSA) is 84.2 Å². The van der Waals surface area contributed by atoms with Gasteiger partial charge >= 0.3 is 5.97 Å². The summed E-state index contributed by atoms with van der Waals surface area (Å²) in [4.78, 5) is 22.3. The Labute approximate surface area is 132 Å². The molecule has 0 aliphatic heterocycles. The lowest BCUT2D eigenvalue weighted by Gasteiger charge is -2.10. The maximum Gasteiger partial charge on any atom is 0.303 e. The first-order chi connectivity index (χ1) is 10.5. The van der Waals surface area contributed by atoms with Gasteiger partial charge in [-0.15, -0.1) is 0 Å². The third-order valence-corrected chi connectivity index (χ3v) is 3.44.